The van der Waals surface area contributed by atoms with Crippen LogP contribution < -0.4 is 5.32 Å². The molecule has 0 saturated carbocycles. The van der Waals surface area contributed by atoms with Gasteiger partial charge in [-0.05, 0) is 24.1 Å². The fourth-order valence-corrected chi connectivity index (χ4v) is 2.92. The maximum Gasteiger partial charge on any atom is 0.315 e. The van der Waals surface area contributed by atoms with Crippen molar-refractivity contribution in [2.45, 2.75) is 31.8 Å². The molecule has 1 atom stereocenters. The maximum atomic E-state index is 12.6. The van der Waals surface area contributed by atoms with E-state index in [1.807, 2.05) is 0 Å². The largest absolute Gasteiger partial charge is 0.481 e. The quantitative estimate of drug-likeness (QED) is 0.600. The van der Waals surface area contributed by atoms with Crippen LogP contribution in [-0.2, 0) is 20.9 Å². The average Bonchev–Trinajstić information content (AvgIpc) is 2.85. The number of carboxylic acid groups (broad SMARTS) is 1. The smallest absolute Gasteiger partial charge is 0.315 e. The first kappa shape index (κ1) is 15.7. The Bertz CT molecular complexity index is 818. The van der Waals surface area contributed by atoms with Gasteiger partial charge in [0.2, 0.25) is 11.8 Å². The summed E-state index contributed by atoms with van der Waals surface area (Å²) in [5, 5.41) is 10.9. The lowest BCUT2D eigenvalue weighted by Crippen LogP contribution is -2.52. The van der Waals surface area contributed by atoms with E-state index in [0.29, 0.717) is 23.1 Å². The molecule has 0 radical (unpaired) electrons. The van der Waals surface area contributed by atoms with Gasteiger partial charge < -0.3 is 10.0 Å². The number of nitrogens with zero attached hydrogens (tertiary/aromatic N) is 1. The van der Waals surface area contributed by atoms with Crippen molar-refractivity contribution < 1.29 is 24.3 Å². The lowest BCUT2D eigenvalue weighted by Gasteiger charge is -2.29. The number of fused-ring (bicyclic) bond motifs is 1. The number of carboxylic acids is 1. The van der Waals surface area contributed by atoms with Gasteiger partial charge in [0.25, 0.3) is 5.91 Å². The third-order valence-electron chi connectivity index (χ3n) is 4.04. The van der Waals surface area contributed by atoms with Gasteiger partial charge in [0.1, 0.15) is 12.5 Å². The Morgan fingerprint density at radius 3 is 2.83 bits per heavy atom. The van der Waals surface area contributed by atoms with Crippen LogP contribution in [0.25, 0.3) is 0 Å². The molecule has 0 bridgehead atoms. The zero-order valence-electron chi connectivity index (χ0n) is 12.7. The first-order chi connectivity index (χ1) is 11.5. The van der Waals surface area contributed by atoms with E-state index in [1.54, 1.807) is 18.2 Å². The highest BCUT2D eigenvalue weighted by Crippen LogP contribution is 2.29. The minimum absolute atomic E-state index is 0.196. The van der Waals surface area contributed by atoms with Crippen LogP contribution in [-0.4, -0.2) is 39.7 Å². The van der Waals surface area contributed by atoms with Crippen LogP contribution in [0.2, 0.25) is 0 Å². The molecule has 3 rings (SSSR count). The van der Waals surface area contributed by atoms with Gasteiger partial charge in [-0.15, -0.1) is 0 Å². The van der Waals surface area contributed by atoms with Crippen molar-refractivity contribution in [2.75, 3.05) is 0 Å². The topological polar surface area (TPSA) is 104 Å². The Hall–Kier alpha value is -3.14. The van der Waals surface area contributed by atoms with Crippen LogP contribution in [0.4, 0.5) is 0 Å². The summed E-state index contributed by atoms with van der Waals surface area (Å²) in [6, 6.07) is 4.37. The van der Waals surface area contributed by atoms with Gasteiger partial charge in [0.05, 0.1) is 0 Å². The van der Waals surface area contributed by atoms with Gasteiger partial charge in [-0.3, -0.25) is 24.5 Å². The molecule has 1 aromatic carbocycles. The molecule has 24 heavy (non-hydrogen) atoms. The Labute approximate surface area is 137 Å². The zero-order valence-corrected chi connectivity index (χ0v) is 12.7. The number of hydrogen-bond acceptors (Lipinski definition) is 4. The van der Waals surface area contributed by atoms with Crippen LogP contribution in [0.15, 0.2) is 18.2 Å². The molecule has 1 unspecified atom stereocenters. The summed E-state index contributed by atoms with van der Waals surface area (Å²) < 4.78 is 0. The van der Waals surface area contributed by atoms with E-state index < -0.39 is 17.9 Å². The van der Waals surface area contributed by atoms with Gasteiger partial charge >= 0.3 is 5.97 Å². The molecule has 2 heterocycles. The van der Waals surface area contributed by atoms with E-state index in [2.05, 4.69) is 17.2 Å². The van der Waals surface area contributed by atoms with Crippen molar-refractivity contribution in [3.05, 3.63) is 34.9 Å². The molecule has 1 saturated heterocycles. The van der Waals surface area contributed by atoms with Crippen LogP contribution in [0, 0.1) is 11.8 Å². The number of amides is 3. The first-order valence-corrected chi connectivity index (χ1v) is 7.44. The summed E-state index contributed by atoms with van der Waals surface area (Å²) in [5.74, 6) is 3.23. The molecule has 0 spiro atoms. The number of piperidine rings is 1. The lowest BCUT2D eigenvalue weighted by atomic mass is 10.0. The third-order valence-corrected chi connectivity index (χ3v) is 4.04. The van der Waals surface area contributed by atoms with Crippen LogP contribution >= 0.6 is 0 Å². The molecule has 7 heteroatoms. The van der Waals surface area contributed by atoms with Gasteiger partial charge in [-0.2, -0.15) is 0 Å². The van der Waals surface area contributed by atoms with Crippen molar-refractivity contribution in [2.24, 2.45) is 0 Å². The van der Waals surface area contributed by atoms with E-state index in [0.717, 1.165) is 0 Å². The minimum atomic E-state index is -1.02. The molecule has 0 aromatic heterocycles. The van der Waals surface area contributed by atoms with E-state index in [4.69, 9.17) is 5.11 Å². The predicted molar refractivity (Wildman–Crippen MR) is 81.6 cm³/mol. The van der Waals surface area contributed by atoms with Gasteiger partial charge in [0.15, 0.2) is 0 Å². The predicted octanol–water partition coefficient (Wildman–Crippen LogP) is 0.274. The SMILES string of the molecule is O=C(O)CC#Cc1cccc2c1CN(C1CCC(=O)NC1=O)C2=O. The molecule has 0 aliphatic carbocycles. The Morgan fingerprint density at radius 2 is 2.12 bits per heavy atom. The summed E-state index contributed by atoms with van der Waals surface area (Å²) in [6.07, 6.45) is 0.209. The second kappa shape index (κ2) is 6.16. The number of rotatable bonds is 2. The van der Waals surface area contributed by atoms with Crippen molar-refractivity contribution >= 4 is 23.7 Å². The number of imide groups is 1. The third kappa shape index (κ3) is 2.86. The molecule has 1 fully saturated rings. The standard InChI is InChI=1S/C17H14N2O5/c20-14-8-7-13(16(23)18-14)19-9-12-10(4-2-6-15(21)22)3-1-5-11(12)17(19)24/h1,3,5,13H,6-9H2,(H,21,22)(H,18,20,23). The monoisotopic (exact) mass is 326 g/mol. The number of nitrogens with one attached hydrogen (secondary N) is 1. The fourth-order valence-electron chi connectivity index (χ4n) is 2.92. The van der Waals surface area contributed by atoms with Crippen molar-refractivity contribution in [3.63, 3.8) is 0 Å². The van der Waals surface area contributed by atoms with Crippen molar-refractivity contribution in [1.82, 2.24) is 10.2 Å². The summed E-state index contributed by atoms with van der Waals surface area (Å²) >= 11 is 0. The highest BCUT2D eigenvalue weighted by atomic mass is 16.4. The molecule has 2 aliphatic heterocycles. The van der Waals surface area contributed by atoms with E-state index in [1.165, 1.54) is 4.90 Å². The Kier molecular flexibility index (Phi) is 4.04. The molecule has 7 nitrogen and oxygen atoms in total. The fraction of sp³-hybridized carbons (Fsp3) is 0.294. The summed E-state index contributed by atoms with van der Waals surface area (Å²) in [6.45, 7) is 0.221. The number of benzene rings is 1. The molecule has 2 N–H and O–H groups in total. The van der Waals surface area contributed by atoms with Gasteiger partial charge in [-0.25, -0.2) is 0 Å². The van der Waals surface area contributed by atoms with Crippen molar-refractivity contribution in [3.8, 4) is 11.8 Å². The Morgan fingerprint density at radius 1 is 1.33 bits per heavy atom. The molecule has 122 valence electrons. The number of carbonyl (C=O) groups is 4. The molecule has 1 aromatic rings. The molecular weight excluding hydrogens is 312 g/mol. The minimum Gasteiger partial charge on any atom is -0.481 e. The van der Waals surface area contributed by atoms with Crippen molar-refractivity contribution in [1.29, 1.82) is 0 Å². The first-order valence-electron chi connectivity index (χ1n) is 7.44. The summed E-state index contributed by atoms with van der Waals surface area (Å²) in [7, 11) is 0. The van der Waals surface area contributed by atoms with E-state index in [-0.39, 0.29) is 31.2 Å². The highest BCUT2D eigenvalue weighted by Gasteiger charge is 2.39. The Balaban J connectivity index is 1.87. The second-order valence-corrected chi connectivity index (χ2v) is 5.60. The van der Waals surface area contributed by atoms with Crippen LogP contribution in [0.1, 0.15) is 40.7 Å². The van der Waals surface area contributed by atoms with Gasteiger partial charge in [0, 0.05) is 24.1 Å². The van der Waals surface area contributed by atoms with Crippen LogP contribution in [0.3, 0.4) is 0 Å². The lowest BCUT2D eigenvalue weighted by molar-refractivity contribution is -0.137. The van der Waals surface area contributed by atoms with Gasteiger partial charge in [-0.1, -0.05) is 17.9 Å². The number of carbonyl (C=O) groups excluding carboxylic acids is 3. The summed E-state index contributed by atoms with van der Waals surface area (Å²) in [4.78, 5) is 47.8. The maximum absolute atomic E-state index is 12.6. The average molecular weight is 326 g/mol. The van der Waals surface area contributed by atoms with Crippen LogP contribution in [0.5, 0.6) is 0 Å². The zero-order chi connectivity index (χ0) is 17.3. The highest BCUT2D eigenvalue weighted by molar-refractivity contribution is 6.05. The number of hydrogen-bond donors (Lipinski definition) is 2. The van der Waals surface area contributed by atoms with E-state index >= 15 is 0 Å². The summed E-state index contributed by atoms with van der Waals surface area (Å²) in [5.41, 5.74) is 1.73. The normalized spacial score (nSPS) is 19.4. The molecule has 2 aliphatic rings. The van der Waals surface area contributed by atoms with E-state index in [9.17, 15) is 19.2 Å². The number of aliphatic carboxylic acids is 1. The molecular formula is C17H14N2O5. The molecule has 3 amide bonds. The second-order valence-electron chi connectivity index (χ2n) is 5.60.